The Labute approximate surface area is 122 Å². The molecule has 106 valence electrons. The van der Waals surface area contributed by atoms with Gasteiger partial charge in [0, 0.05) is 11.0 Å². The molecule has 0 radical (unpaired) electrons. The fourth-order valence-corrected chi connectivity index (χ4v) is 2.55. The van der Waals surface area contributed by atoms with Gasteiger partial charge in [0.25, 0.3) is 0 Å². The van der Waals surface area contributed by atoms with E-state index in [0.717, 1.165) is 0 Å². The molecule has 1 atom stereocenters. The lowest BCUT2D eigenvalue weighted by molar-refractivity contribution is -0.120. The fraction of sp³-hybridized carbons (Fsp3) is 0.333. The van der Waals surface area contributed by atoms with Crippen LogP contribution in [-0.2, 0) is 9.53 Å². The van der Waals surface area contributed by atoms with Gasteiger partial charge in [-0.25, -0.2) is 4.79 Å². The van der Waals surface area contributed by atoms with Gasteiger partial charge in [-0.2, -0.15) is 0 Å². The van der Waals surface area contributed by atoms with Crippen LogP contribution in [-0.4, -0.2) is 41.7 Å². The van der Waals surface area contributed by atoms with Gasteiger partial charge in [0.2, 0.25) is 5.91 Å². The first-order valence-electron chi connectivity index (χ1n) is 6.17. The van der Waals surface area contributed by atoms with E-state index in [4.69, 9.17) is 4.74 Å². The first kappa shape index (κ1) is 13.3. The molecule has 8 heteroatoms. The third-order valence-electron chi connectivity index (χ3n) is 3.10. The first-order chi connectivity index (χ1) is 9.63. The van der Waals surface area contributed by atoms with Crippen LogP contribution in [0.25, 0.3) is 11.0 Å². The maximum absolute atomic E-state index is 12.1. The second kappa shape index (κ2) is 5.39. The molecular formula is C12H13BrN4O3. The van der Waals surface area contributed by atoms with Crippen molar-refractivity contribution < 1.29 is 9.53 Å². The molecule has 1 saturated heterocycles. The minimum Gasteiger partial charge on any atom is -0.378 e. The zero-order valence-corrected chi connectivity index (χ0v) is 12.0. The highest BCUT2D eigenvalue weighted by Gasteiger charge is 2.21. The number of ether oxygens (including phenoxy) is 1. The third kappa shape index (κ3) is 2.62. The van der Waals surface area contributed by atoms with Gasteiger partial charge in [-0.1, -0.05) is 0 Å². The maximum Gasteiger partial charge on any atom is 0.323 e. The molecule has 1 aromatic heterocycles. The largest absolute Gasteiger partial charge is 0.378 e. The van der Waals surface area contributed by atoms with Crippen molar-refractivity contribution in [3.8, 4) is 0 Å². The number of H-pyrrole nitrogens is 2. The summed E-state index contributed by atoms with van der Waals surface area (Å²) in [6.45, 7) is 1.63. The zero-order valence-electron chi connectivity index (χ0n) is 10.5. The van der Waals surface area contributed by atoms with Gasteiger partial charge < -0.3 is 25.3 Å². The van der Waals surface area contributed by atoms with Gasteiger partial charge in [-0.3, -0.25) is 4.79 Å². The van der Waals surface area contributed by atoms with E-state index in [9.17, 15) is 9.59 Å². The van der Waals surface area contributed by atoms with Crippen LogP contribution in [0.4, 0.5) is 5.69 Å². The van der Waals surface area contributed by atoms with Crippen LogP contribution in [0.3, 0.4) is 0 Å². The summed E-state index contributed by atoms with van der Waals surface area (Å²) in [5, 5.41) is 5.90. The van der Waals surface area contributed by atoms with E-state index in [2.05, 4.69) is 36.5 Å². The molecular weight excluding hydrogens is 328 g/mol. The number of benzene rings is 1. The SMILES string of the molecule is O=C(Nc1cc2[nH]c(=O)[nH]c2cc1Br)C1COCCN1. The number of carbonyl (C=O) groups excluding carboxylic acids is 1. The van der Waals surface area contributed by atoms with Gasteiger partial charge in [-0.15, -0.1) is 0 Å². The summed E-state index contributed by atoms with van der Waals surface area (Å²) in [6.07, 6.45) is 0. The van der Waals surface area contributed by atoms with Crippen LogP contribution in [0.1, 0.15) is 0 Å². The van der Waals surface area contributed by atoms with E-state index in [0.29, 0.717) is 41.0 Å². The number of carbonyl (C=O) groups is 1. The lowest BCUT2D eigenvalue weighted by Gasteiger charge is -2.23. The number of fused-ring (bicyclic) bond motifs is 1. The highest BCUT2D eigenvalue weighted by atomic mass is 79.9. The number of hydrogen-bond donors (Lipinski definition) is 4. The molecule has 3 rings (SSSR count). The van der Waals surface area contributed by atoms with Gasteiger partial charge in [0.15, 0.2) is 0 Å². The van der Waals surface area contributed by atoms with Gasteiger partial charge in [-0.05, 0) is 28.1 Å². The van der Waals surface area contributed by atoms with Crippen molar-refractivity contribution >= 4 is 38.6 Å². The number of morpholine rings is 1. The topological polar surface area (TPSA) is 99.0 Å². The summed E-state index contributed by atoms with van der Waals surface area (Å²) in [4.78, 5) is 28.7. The number of aromatic nitrogens is 2. The van der Waals surface area contributed by atoms with E-state index in [1.165, 1.54) is 0 Å². The Hall–Kier alpha value is -1.64. The summed E-state index contributed by atoms with van der Waals surface area (Å²) in [5.41, 5.74) is 1.64. The van der Waals surface area contributed by atoms with E-state index >= 15 is 0 Å². The smallest absolute Gasteiger partial charge is 0.323 e. The highest BCUT2D eigenvalue weighted by molar-refractivity contribution is 9.10. The molecule has 0 aliphatic carbocycles. The summed E-state index contributed by atoms with van der Waals surface area (Å²) < 4.78 is 5.96. The Bertz CT molecular complexity index is 702. The number of nitrogens with one attached hydrogen (secondary N) is 4. The second-order valence-corrected chi connectivity index (χ2v) is 5.38. The minimum absolute atomic E-state index is 0.164. The molecule has 0 spiro atoms. The Morgan fingerprint density at radius 3 is 2.80 bits per heavy atom. The molecule has 4 N–H and O–H groups in total. The van der Waals surface area contributed by atoms with Crippen molar-refractivity contribution in [2.24, 2.45) is 0 Å². The third-order valence-corrected chi connectivity index (χ3v) is 3.76. The van der Waals surface area contributed by atoms with Crippen LogP contribution in [0, 0.1) is 0 Å². The second-order valence-electron chi connectivity index (χ2n) is 4.53. The number of amides is 1. The van der Waals surface area contributed by atoms with Gasteiger partial charge in [0.05, 0.1) is 29.9 Å². The van der Waals surface area contributed by atoms with E-state index in [1.807, 2.05) is 0 Å². The van der Waals surface area contributed by atoms with Crippen molar-refractivity contribution in [3.63, 3.8) is 0 Å². The van der Waals surface area contributed by atoms with E-state index < -0.39 is 0 Å². The van der Waals surface area contributed by atoms with Crippen LogP contribution >= 0.6 is 15.9 Å². The highest BCUT2D eigenvalue weighted by Crippen LogP contribution is 2.26. The molecule has 1 aliphatic heterocycles. The normalized spacial score (nSPS) is 19.1. The zero-order chi connectivity index (χ0) is 14.1. The molecule has 2 aromatic rings. The Kier molecular flexibility index (Phi) is 3.60. The van der Waals surface area contributed by atoms with Crippen LogP contribution in [0.2, 0.25) is 0 Å². The summed E-state index contributed by atoms with van der Waals surface area (Å²) >= 11 is 3.38. The number of anilines is 1. The Balaban J connectivity index is 1.84. The predicted molar refractivity (Wildman–Crippen MR) is 77.9 cm³/mol. The van der Waals surface area contributed by atoms with Crippen molar-refractivity contribution in [3.05, 3.63) is 27.1 Å². The first-order valence-corrected chi connectivity index (χ1v) is 6.96. The minimum atomic E-state index is -0.364. The fourth-order valence-electron chi connectivity index (χ4n) is 2.11. The van der Waals surface area contributed by atoms with E-state index in [1.54, 1.807) is 12.1 Å². The average molecular weight is 341 g/mol. The quantitative estimate of drug-likeness (QED) is 0.641. The molecule has 1 unspecified atom stereocenters. The summed E-state index contributed by atoms with van der Waals surface area (Å²) in [7, 11) is 0. The number of rotatable bonds is 2. The number of imidazole rings is 1. The average Bonchev–Trinajstić information content (AvgIpc) is 2.79. The Morgan fingerprint density at radius 1 is 1.35 bits per heavy atom. The van der Waals surface area contributed by atoms with Crippen molar-refractivity contribution in [1.29, 1.82) is 0 Å². The molecule has 2 heterocycles. The van der Waals surface area contributed by atoms with Crippen LogP contribution in [0.15, 0.2) is 21.4 Å². The van der Waals surface area contributed by atoms with Gasteiger partial charge >= 0.3 is 5.69 Å². The molecule has 1 fully saturated rings. The molecule has 1 aromatic carbocycles. The predicted octanol–water partition coefficient (Wildman–Crippen LogP) is 0.546. The van der Waals surface area contributed by atoms with Crippen molar-refractivity contribution in [2.75, 3.05) is 25.1 Å². The maximum atomic E-state index is 12.1. The molecule has 0 bridgehead atoms. The number of hydrogen-bond acceptors (Lipinski definition) is 4. The lowest BCUT2D eigenvalue weighted by atomic mass is 10.2. The van der Waals surface area contributed by atoms with E-state index in [-0.39, 0.29) is 17.6 Å². The molecule has 1 amide bonds. The monoisotopic (exact) mass is 340 g/mol. The molecule has 7 nitrogen and oxygen atoms in total. The summed E-state index contributed by atoms with van der Waals surface area (Å²) in [5.74, 6) is -0.164. The van der Waals surface area contributed by atoms with Crippen LogP contribution in [0.5, 0.6) is 0 Å². The van der Waals surface area contributed by atoms with Crippen LogP contribution < -0.4 is 16.3 Å². The lowest BCUT2D eigenvalue weighted by Crippen LogP contribution is -2.48. The standard InChI is InChI=1S/C12H13BrN4O3/c13-6-3-8-9(17-12(19)16-8)4-7(6)15-11(18)10-5-20-2-1-14-10/h3-4,10,14H,1-2,5H2,(H,15,18)(H2,16,17,19). The molecule has 20 heavy (non-hydrogen) atoms. The number of halogens is 1. The van der Waals surface area contributed by atoms with Gasteiger partial charge in [0.1, 0.15) is 6.04 Å². The molecule has 0 saturated carbocycles. The van der Waals surface area contributed by atoms with Crippen molar-refractivity contribution in [2.45, 2.75) is 6.04 Å². The molecule has 1 aliphatic rings. The number of aromatic amines is 2. The van der Waals surface area contributed by atoms with Crippen molar-refractivity contribution in [1.82, 2.24) is 15.3 Å². The summed E-state index contributed by atoms with van der Waals surface area (Å²) in [6, 6.07) is 3.09. The Morgan fingerprint density at radius 2 is 2.10 bits per heavy atom.